The van der Waals surface area contributed by atoms with Gasteiger partial charge in [-0.3, -0.25) is 0 Å². The SMILES string of the molecule is CC#CCCNS(=O)(=O)c1cc(C(=O)O)sc1C. The summed E-state index contributed by atoms with van der Waals surface area (Å²) in [4.78, 5) is 11.3. The number of rotatable bonds is 5. The van der Waals surface area contributed by atoms with Crippen molar-refractivity contribution >= 4 is 27.3 Å². The van der Waals surface area contributed by atoms with E-state index in [-0.39, 0.29) is 16.3 Å². The van der Waals surface area contributed by atoms with Crippen LogP contribution in [0.1, 0.15) is 27.9 Å². The molecular weight excluding hydrogens is 274 g/mol. The Balaban J connectivity index is 2.90. The summed E-state index contributed by atoms with van der Waals surface area (Å²) in [5.41, 5.74) is 0. The zero-order valence-electron chi connectivity index (χ0n) is 9.98. The largest absolute Gasteiger partial charge is 0.477 e. The first-order chi connectivity index (χ1) is 8.38. The van der Waals surface area contributed by atoms with Gasteiger partial charge in [-0.15, -0.1) is 23.2 Å². The third-order valence-corrected chi connectivity index (χ3v) is 4.85. The number of carboxylic acids is 1. The van der Waals surface area contributed by atoms with E-state index in [9.17, 15) is 13.2 Å². The molecular formula is C11H13NO4S2. The van der Waals surface area contributed by atoms with E-state index in [0.29, 0.717) is 11.3 Å². The van der Waals surface area contributed by atoms with E-state index in [0.717, 1.165) is 11.3 Å². The maximum Gasteiger partial charge on any atom is 0.345 e. The van der Waals surface area contributed by atoms with E-state index < -0.39 is 16.0 Å². The molecule has 5 nitrogen and oxygen atoms in total. The average Bonchev–Trinajstić information content (AvgIpc) is 2.68. The lowest BCUT2D eigenvalue weighted by molar-refractivity contribution is 0.0702. The molecule has 0 amide bonds. The Morgan fingerprint density at radius 2 is 2.22 bits per heavy atom. The Morgan fingerprint density at radius 1 is 1.56 bits per heavy atom. The molecule has 0 bridgehead atoms. The van der Waals surface area contributed by atoms with Gasteiger partial charge < -0.3 is 5.11 Å². The van der Waals surface area contributed by atoms with Crippen LogP contribution in [0.3, 0.4) is 0 Å². The van der Waals surface area contributed by atoms with Gasteiger partial charge in [0.15, 0.2) is 0 Å². The number of carbonyl (C=O) groups is 1. The number of thiophene rings is 1. The van der Waals surface area contributed by atoms with Crippen molar-refractivity contribution in [2.24, 2.45) is 0 Å². The van der Waals surface area contributed by atoms with Gasteiger partial charge in [-0.1, -0.05) is 0 Å². The second kappa shape index (κ2) is 6.00. The van der Waals surface area contributed by atoms with Gasteiger partial charge in [-0.2, -0.15) is 0 Å². The predicted molar refractivity (Wildman–Crippen MR) is 69.3 cm³/mol. The van der Waals surface area contributed by atoms with Crippen LogP contribution >= 0.6 is 11.3 Å². The van der Waals surface area contributed by atoms with E-state index in [4.69, 9.17) is 5.11 Å². The molecule has 1 aromatic rings. The minimum atomic E-state index is -3.65. The maximum absolute atomic E-state index is 11.9. The number of hydrogen-bond donors (Lipinski definition) is 2. The summed E-state index contributed by atoms with van der Waals surface area (Å²) < 4.78 is 26.2. The summed E-state index contributed by atoms with van der Waals surface area (Å²) in [6.45, 7) is 3.47. The lowest BCUT2D eigenvalue weighted by Gasteiger charge is -2.03. The van der Waals surface area contributed by atoms with Crippen LogP contribution in [0.2, 0.25) is 0 Å². The molecule has 0 atom stereocenters. The lowest BCUT2D eigenvalue weighted by atomic mass is 10.4. The maximum atomic E-state index is 11.9. The van der Waals surface area contributed by atoms with Gasteiger partial charge >= 0.3 is 5.97 Å². The van der Waals surface area contributed by atoms with Crippen LogP contribution in [0.25, 0.3) is 0 Å². The van der Waals surface area contributed by atoms with Crippen LogP contribution in [-0.4, -0.2) is 26.0 Å². The molecule has 18 heavy (non-hydrogen) atoms. The summed E-state index contributed by atoms with van der Waals surface area (Å²) in [6, 6.07) is 1.18. The molecule has 1 aromatic heterocycles. The monoisotopic (exact) mass is 287 g/mol. The van der Waals surface area contributed by atoms with E-state index in [1.165, 1.54) is 6.07 Å². The van der Waals surface area contributed by atoms with Crippen molar-refractivity contribution in [3.63, 3.8) is 0 Å². The van der Waals surface area contributed by atoms with E-state index in [2.05, 4.69) is 16.6 Å². The highest BCUT2D eigenvalue weighted by Crippen LogP contribution is 2.25. The lowest BCUT2D eigenvalue weighted by Crippen LogP contribution is -2.24. The summed E-state index contributed by atoms with van der Waals surface area (Å²) in [7, 11) is -3.65. The molecule has 0 aromatic carbocycles. The highest BCUT2D eigenvalue weighted by atomic mass is 32.2. The van der Waals surface area contributed by atoms with Gasteiger partial charge in [0.2, 0.25) is 10.0 Å². The van der Waals surface area contributed by atoms with Crippen molar-refractivity contribution in [3.8, 4) is 11.8 Å². The first-order valence-corrected chi connectivity index (χ1v) is 7.41. The van der Waals surface area contributed by atoms with E-state index in [1.54, 1.807) is 13.8 Å². The Labute approximate surface area is 110 Å². The topological polar surface area (TPSA) is 83.5 Å². The molecule has 0 spiro atoms. The molecule has 0 radical (unpaired) electrons. The molecule has 1 rings (SSSR count). The summed E-state index contributed by atoms with van der Waals surface area (Å²) >= 11 is 0.946. The molecule has 0 fully saturated rings. The zero-order valence-corrected chi connectivity index (χ0v) is 11.6. The van der Waals surface area contributed by atoms with E-state index >= 15 is 0 Å². The van der Waals surface area contributed by atoms with Gasteiger partial charge in [-0.05, 0) is 19.9 Å². The molecule has 98 valence electrons. The smallest absolute Gasteiger partial charge is 0.345 e. The fourth-order valence-corrected chi connectivity index (χ4v) is 3.75. The first-order valence-electron chi connectivity index (χ1n) is 5.11. The zero-order chi connectivity index (χ0) is 13.8. The van der Waals surface area contributed by atoms with Crippen LogP contribution < -0.4 is 4.72 Å². The number of nitrogens with one attached hydrogen (secondary N) is 1. The van der Waals surface area contributed by atoms with Crippen LogP contribution in [0.5, 0.6) is 0 Å². The van der Waals surface area contributed by atoms with Crippen molar-refractivity contribution in [2.75, 3.05) is 6.54 Å². The number of sulfonamides is 1. The van der Waals surface area contributed by atoms with Crippen molar-refractivity contribution in [3.05, 3.63) is 15.8 Å². The first kappa shape index (κ1) is 14.7. The van der Waals surface area contributed by atoms with E-state index in [1.807, 2.05) is 0 Å². The molecule has 0 unspecified atom stereocenters. The third kappa shape index (κ3) is 3.57. The van der Waals surface area contributed by atoms with Crippen molar-refractivity contribution in [1.82, 2.24) is 4.72 Å². The average molecular weight is 287 g/mol. The number of aromatic carboxylic acids is 1. The van der Waals surface area contributed by atoms with Gasteiger partial charge in [0.05, 0.1) is 4.90 Å². The van der Waals surface area contributed by atoms with Gasteiger partial charge in [-0.25, -0.2) is 17.9 Å². The Hall–Kier alpha value is -1.36. The molecule has 0 aliphatic heterocycles. The van der Waals surface area contributed by atoms with Gasteiger partial charge in [0.1, 0.15) is 4.88 Å². The van der Waals surface area contributed by atoms with Gasteiger partial charge in [0.25, 0.3) is 0 Å². The summed E-state index contributed by atoms with van der Waals surface area (Å²) in [5.74, 6) is 4.28. The normalized spacial score (nSPS) is 10.8. The fraction of sp³-hybridized carbons (Fsp3) is 0.364. The van der Waals surface area contributed by atoms with Crippen molar-refractivity contribution in [2.45, 2.75) is 25.2 Å². The summed E-state index contributed by atoms with van der Waals surface area (Å²) in [5, 5.41) is 8.81. The second-order valence-corrected chi connectivity index (χ2v) is 6.40. The highest BCUT2D eigenvalue weighted by Gasteiger charge is 2.21. The number of aryl methyl sites for hydroxylation is 1. The number of carboxylic acid groups (broad SMARTS) is 1. The standard InChI is InChI=1S/C11H13NO4S2/c1-3-4-5-6-12-18(15,16)10-7-9(11(13)14)17-8(10)2/h7,12H,5-6H2,1-2H3,(H,13,14). The molecule has 0 aliphatic rings. The minimum absolute atomic E-state index is 0.0150. The summed E-state index contributed by atoms with van der Waals surface area (Å²) in [6.07, 6.45) is 0.421. The van der Waals surface area contributed by atoms with Crippen LogP contribution in [0.4, 0.5) is 0 Å². The quantitative estimate of drug-likeness (QED) is 0.634. The molecule has 2 N–H and O–H groups in total. The molecule has 7 heteroatoms. The Bertz CT molecular complexity index is 605. The minimum Gasteiger partial charge on any atom is -0.477 e. The van der Waals surface area contributed by atoms with Crippen molar-refractivity contribution in [1.29, 1.82) is 0 Å². The highest BCUT2D eigenvalue weighted by molar-refractivity contribution is 7.89. The fourth-order valence-electron chi connectivity index (χ4n) is 1.29. The molecule has 0 aliphatic carbocycles. The third-order valence-electron chi connectivity index (χ3n) is 2.09. The van der Waals surface area contributed by atoms with Crippen LogP contribution in [0.15, 0.2) is 11.0 Å². The Kier molecular flexibility index (Phi) is 4.90. The van der Waals surface area contributed by atoms with Crippen LogP contribution in [0, 0.1) is 18.8 Å². The number of hydrogen-bond acceptors (Lipinski definition) is 4. The Morgan fingerprint density at radius 3 is 2.72 bits per heavy atom. The van der Waals surface area contributed by atoms with Gasteiger partial charge in [0, 0.05) is 17.8 Å². The molecule has 0 saturated heterocycles. The van der Waals surface area contributed by atoms with Crippen LogP contribution in [-0.2, 0) is 10.0 Å². The molecule has 0 saturated carbocycles. The van der Waals surface area contributed by atoms with Crippen molar-refractivity contribution < 1.29 is 18.3 Å². The second-order valence-electron chi connectivity index (χ2n) is 3.41. The predicted octanol–water partition coefficient (Wildman–Crippen LogP) is 1.45. The molecule has 1 heterocycles.